The molecule has 0 unspecified atom stereocenters. The molecule has 1 aromatic carbocycles. The predicted octanol–water partition coefficient (Wildman–Crippen LogP) is 2.28. The zero-order valence-corrected chi connectivity index (χ0v) is 11.3. The van der Waals surface area contributed by atoms with Crippen LogP contribution in [0.1, 0.15) is 17.4 Å². The highest BCUT2D eigenvalue weighted by molar-refractivity contribution is 7.99. The molecule has 0 saturated heterocycles. The van der Waals surface area contributed by atoms with E-state index < -0.39 is 5.97 Å². The maximum absolute atomic E-state index is 10.9. The Morgan fingerprint density at radius 3 is 2.30 bits per heavy atom. The van der Waals surface area contributed by atoms with Crippen molar-refractivity contribution in [1.82, 2.24) is 10.2 Å². The Hall–Kier alpha value is -2.41. The molecule has 20 heavy (non-hydrogen) atoms. The van der Waals surface area contributed by atoms with Gasteiger partial charge in [-0.1, -0.05) is 11.8 Å². The van der Waals surface area contributed by atoms with E-state index in [2.05, 4.69) is 15.5 Å². The van der Waals surface area contributed by atoms with Crippen molar-refractivity contribution in [2.75, 3.05) is 5.32 Å². The summed E-state index contributed by atoms with van der Waals surface area (Å²) in [6.07, 6.45) is 0. The van der Waals surface area contributed by atoms with E-state index in [1.807, 2.05) is 12.1 Å². The summed E-state index contributed by atoms with van der Waals surface area (Å²) in [7, 11) is 0. The lowest BCUT2D eigenvalue weighted by Crippen LogP contribution is -2.05. The lowest BCUT2D eigenvalue weighted by molar-refractivity contribution is -0.114. The van der Waals surface area contributed by atoms with Gasteiger partial charge in [-0.25, -0.2) is 4.79 Å². The van der Waals surface area contributed by atoms with Crippen LogP contribution in [0, 0.1) is 0 Å². The number of nitrogens with one attached hydrogen (secondary N) is 1. The highest BCUT2D eigenvalue weighted by atomic mass is 32.2. The molecular formula is C13H11N3O3S. The van der Waals surface area contributed by atoms with E-state index in [1.165, 1.54) is 24.8 Å². The van der Waals surface area contributed by atoms with Gasteiger partial charge in [0.25, 0.3) is 0 Å². The number of carboxylic acids is 1. The van der Waals surface area contributed by atoms with Crippen molar-refractivity contribution in [3.8, 4) is 0 Å². The number of hydrogen-bond acceptors (Lipinski definition) is 5. The Labute approximate surface area is 119 Å². The number of carbonyl (C=O) groups excluding carboxylic acids is 1. The number of carboxylic acid groups (broad SMARTS) is 1. The summed E-state index contributed by atoms with van der Waals surface area (Å²) in [5.41, 5.74) is 0.629. The van der Waals surface area contributed by atoms with Gasteiger partial charge in [-0.05, 0) is 36.4 Å². The topological polar surface area (TPSA) is 92.2 Å². The molecule has 0 fully saturated rings. The average molecular weight is 289 g/mol. The van der Waals surface area contributed by atoms with Crippen LogP contribution in [0.2, 0.25) is 0 Å². The van der Waals surface area contributed by atoms with Crippen LogP contribution in [0.4, 0.5) is 5.69 Å². The third kappa shape index (κ3) is 3.79. The second kappa shape index (κ2) is 6.16. The van der Waals surface area contributed by atoms with Crippen LogP contribution in [-0.2, 0) is 4.79 Å². The van der Waals surface area contributed by atoms with Crippen LogP contribution in [0.5, 0.6) is 0 Å². The van der Waals surface area contributed by atoms with Crippen LogP contribution in [-0.4, -0.2) is 27.2 Å². The Kier molecular flexibility index (Phi) is 4.31. The lowest BCUT2D eigenvalue weighted by atomic mass is 10.3. The number of benzene rings is 1. The minimum absolute atomic E-state index is 0.0876. The van der Waals surface area contributed by atoms with Crippen molar-refractivity contribution in [2.24, 2.45) is 0 Å². The molecular weight excluding hydrogens is 278 g/mol. The lowest BCUT2D eigenvalue weighted by Gasteiger charge is -2.04. The maximum atomic E-state index is 10.9. The number of aromatic carboxylic acids is 1. The van der Waals surface area contributed by atoms with Crippen LogP contribution < -0.4 is 5.32 Å². The fourth-order valence-electron chi connectivity index (χ4n) is 1.42. The van der Waals surface area contributed by atoms with Gasteiger partial charge in [0.15, 0.2) is 5.69 Å². The number of anilines is 1. The van der Waals surface area contributed by atoms with Gasteiger partial charge in [0.2, 0.25) is 5.91 Å². The number of hydrogen-bond donors (Lipinski definition) is 2. The Morgan fingerprint density at radius 1 is 1.10 bits per heavy atom. The Bertz CT molecular complexity index is 626. The molecule has 0 atom stereocenters. The molecule has 1 amide bonds. The molecule has 0 radical (unpaired) electrons. The summed E-state index contributed by atoms with van der Waals surface area (Å²) in [6.45, 7) is 1.45. The third-order valence-corrected chi connectivity index (χ3v) is 3.19. The Balaban J connectivity index is 2.06. The first-order valence-electron chi connectivity index (χ1n) is 5.67. The largest absolute Gasteiger partial charge is 0.476 e. The molecule has 0 spiro atoms. The number of amides is 1. The monoisotopic (exact) mass is 289 g/mol. The number of carbonyl (C=O) groups is 2. The molecule has 102 valence electrons. The molecule has 1 heterocycles. The van der Waals surface area contributed by atoms with Gasteiger partial charge >= 0.3 is 5.97 Å². The highest BCUT2D eigenvalue weighted by Crippen LogP contribution is 2.26. The van der Waals surface area contributed by atoms with Crippen molar-refractivity contribution >= 4 is 29.3 Å². The van der Waals surface area contributed by atoms with Gasteiger partial charge in [0.1, 0.15) is 5.03 Å². The number of nitrogens with zero attached hydrogens (tertiary/aromatic N) is 2. The van der Waals surface area contributed by atoms with Crippen LogP contribution in [0.25, 0.3) is 0 Å². The van der Waals surface area contributed by atoms with Crippen LogP contribution >= 0.6 is 11.8 Å². The van der Waals surface area contributed by atoms with E-state index >= 15 is 0 Å². The van der Waals surface area contributed by atoms with Crippen LogP contribution in [0.15, 0.2) is 46.3 Å². The van der Waals surface area contributed by atoms with Gasteiger partial charge in [0.05, 0.1) is 0 Å². The van der Waals surface area contributed by atoms with E-state index in [-0.39, 0.29) is 11.6 Å². The third-order valence-electron chi connectivity index (χ3n) is 2.26. The minimum atomic E-state index is -1.10. The number of rotatable bonds is 4. The highest BCUT2D eigenvalue weighted by Gasteiger charge is 2.06. The summed E-state index contributed by atoms with van der Waals surface area (Å²) in [6, 6.07) is 10.2. The van der Waals surface area contributed by atoms with Crippen molar-refractivity contribution < 1.29 is 14.7 Å². The molecule has 2 aromatic rings. The predicted molar refractivity (Wildman–Crippen MR) is 73.9 cm³/mol. The van der Waals surface area contributed by atoms with E-state index in [1.54, 1.807) is 18.2 Å². The SMILES string of the molecule is CC(=O)Nc1ccc(Sc2ccc(C(=O)O)nn2)cc1. The van der Waals surface area contributed by atoms with Crippen molar-refractivity contribution in [1.29, 1.82) is 0 Å². The molecule has 7 heteroatoms. The molecule has 6 nitrogen and oxygen atoms in total. The van der Waals surface area contributed by atoms with Gasteiger partial charge in [-0.2, -0.15) is 0 Å². The van der Waals surface area contributed by atoms with E-state index in [4.69, 9.17) is 5.11 Å². The molecule has 0 bridgehead atoms. The molecule has 2 N–H and O–H groups in total. The first-order valence-corrected chi connectivity index (χ1v) is 6.49. The fourth-order valence-corrected chi connectivity index (χ4v) is 2.15. The van der Waals surface area contributed by atoms with Gasteiger partial charge in [0, 0.05) is 17.5 Å². The minimum Gasteiger partial charge on any atom is -0.476 e. The molecule has 0 saturated carbocycles. The van der Waals surface area contributed by atoms with Gasteiger partial charge in [-0.3, -0.25) is 4.79 Å². The maximum Gasteiger partial charge on any atom is 0.356 e. The van der Waals surface area contributed by atoms with Crippen molar-refractivity contribution in [2.45, 2.75) is 16.8 Å². The smallest absolute Gasteiger partial charge is 0.356 e. The second-order valence-corrected chi connectivity index (χ2v) is 4.96. The van der Waals surface area contributed by atoms with Crippen molar-refractivity contribution in [3.63, 3.8) is 0 Å². The first-order chi connectivity index (χ1) is 9.54. The normalized spacial score (nSPS) is 10.1. The molecule has 0 aliphatic rings. The zero-order valence-electron chi connectivity index (χ0n) is 10.5. The fraction of sp³-hybridized carbons (Fsp3) is 0.0769. The van der Waals surface area contributed by atoms with E-state index in [0.29, 0.717) is 10.7 Å². The van der Waals surface area contributed by atoms with Crippen LogP contribution in [0.3, 0.4) is 0 Å². The van der Waals surface area contributed by atoms with Crippen molar-refractivity contribution in [3.05, 3.63) is 42.1 Å². The number of aromatic nitrogens is 2. The summed E-state index contributed by atoms with van der Waals surface area (Å²) >= 11 is 1.36. The van der Waals surface area contributed by atoms with Gasteiger partial charge in [-0.15, -0.1) is 10.2 Å². The Morgan fingerprint density at radius 2 is 1.80 bits per heavy atom. The molecule has 2 rings (SSSR count). The molecule has 1 aromatic heterocycles. The molecule has 0 aliphatic heterocycles. The van der Waals surface area contributed by atoms with E-state index in [9.17, 15) is 9.59 Å². The second-order valence-electron chi connectivity index (χ2n) is 3.87. The van der Waals surface area contributed by atoms with E-state index in [0.717, 1.165) is 4.90 Å². The zero-order chi connectivity index (χ0) is 14.5. The molecule has 0 aliphatic carbocycles. The van der Waals surface area contributed by atoms with Gasteiger partial charge < -0.3 is 10.4 Å². The summed E-state index contributed by atoms with van der Waals surface area (Å²) in [5.74, 6) is -1.23. The summed E-state index contributed by atoms with van der Waals surface area (Å²) in [4.78, 5) is 22.5. The summed E-state index contributed by atoms with van der Waals surface area (Å²) < 4.78 is 0. The summed E-state index contributed by atoms with van der Waals surface area (Å²) in [5, 5.41) is 19.4. The first kappa shape index (κ1) is 14.0. The average Bonchev–Trinajstić information content (AvgIpc) is 2.41. The quantitative estimate of drug-likeness (QED) is 0.897. The standard InChI is InChI=1S/C13H11N3O3S/c1-8(17)14-9-2-4-10(5-3-9)20-12-7-6-11(13(18)19)15-16-12/h2-7H,1H3,(H,14,17)(H,18,19).